The molecule has 0 saturated heterocycles. The molecule has 0 bridgehead atoms. The fourth-order valence-electron chi connectivity index (χ4n) is 1.47. The van der Waals surface area contributed by atoms with Crippen LogP contribution in [0.5, 0.6) is 0 Å². The largest absolute Gasteiger partial charge is 0.481 e. The van der Waals surface area contributed by atoms with Crippen molar-refractivity contribution in [2.45, 2.75) is 31.7 Å². The highest BCUT2D eigenvalue weighted by atomic mass is 16.4. The molecular weight excluding hydrogens is 194 g/mol. The summed E-state index contributed by atoms with van der Waals surface area (Å²) < 4.78 is 0. The number of hydrogen-bond acceptors (Lipinski definition) is 4. The minimum Gasteiger partial charge on any atom is -0.481 e. The highest BCUT2D eigenvalue weighted by molar-refractivity contribution is 5.68. The van der Waals surface area contributed by atoms with Crippen molar-refractivity contribution in [1.82, 2.24) is 9.97 Å². The van der Waals surface area contributed by atoms with E-state index >= 15 is 0 Å². The highest BCUT2D eigenvalue weighted by Gasteiger charge is 2.22. The number of carboxylic acid groups (broad SMARTS) is 1. The molecule has 1 aromatic rings. The molecule has 3 N–H and O–H groups in total. The van der Waals surface area contributed by atoms with Gasteiger partial charge in [0.05, 0.1) is 6.42 Å². The number of nitrogens with two attached hydrogens (primary N) is 1. The van der Waals surface area contributed by atoms with E-state index in [1.54, 1.807) is 12.3 Å². The van der Waals surface area contributed by atoms with Gasteiger partial charge in [0.2, 0.25) is 0 Å². The average Bonchev–Trinajstić information content (AvgIpc) is 2.26. The molecule has 15 heavy (non-hydrogen) atoms. The van der Waals surface area contributed by atoms with Crippen molar-refractivity contribution >= 4 is 5.97 Å². The Morgan fingerprint density at radius 2 is 2.40 bits per heavy atom. The quantitative estimate of drug-likeness (QED) is 0.747. The van der Waals surface area contributed by atoms with Crippen LogP contribution in [-0.4, -0.2) is 27.1 Å². The molecule has 5 heteroatoms. The van der Waals surface area contributed by atoms with Gasteiger partial charge in [0.1, 0.15) is 6.33 Å². The maximum absolute atomic E-state index is 10.7. The van der Waals surface area contributed by atoms with Gasteiger partial charge in [-0.2, -0.15) is 0 Å². The van der Waals surface area contributed by atoms with Gasteiger partial charge < -0.3 is 10.8 Å². The summed E-state index contributed by atoms with van der Waals surface area (Å²) in [4.78, 5) is 18.5. The molecule has 0 aliphatic carbocycles. The molecular formula is C10H15N3O2. The van der Waals surface area contributed by atoms with Crippen LogP contribution < -0.4 is 5.73 Å². The summed E-state index contributed by atoms with van der Waals surface area (Å²) in [6, 6.07) is 1.53. The third-order valence-electron chi connectivity index (χ3n) is 2.37. The van der Waals surface area contributed by atoms with Crippen LogP contribution in [0.4, 0.5) is 0 Å². The molecule has 1 aromatic heterocycles. The van der Waals surface area contributed by atoms with Crippen LogP contribution in [0, 0.1) is 0 Å². The fourth-order valence-corrected chi connectivity index (χ4v) is 1.47. The SMILES string of the molecule is CCC(N)C(CC(=O)O)c1ccncn1. The molecule has 82 valence electrons. The topological polar surface area (TPSA) is 89.1 Å². The van der Waals surface area contributed by atoms with Crippen LogP contribution in [0.15, 0.2) is 18.6 Å². The van der Waals surface area contributed by atoms with Crippen LogP contribution in [0.1, 0.15) is 31.4 Å². The zero-order valence-electron chi connectivity index (χ0n) is 8.63. The summed E-state index contributed by atoms with van der Waals surface area (Å²) in [5.41, 5.74) is 6.57. The number of carbonyl (C=O) groups is 1. The first-order valence-electron chi connectivity index (χ1n) is 4.88. The van der Waals surface area contributed by atoms with E-state index in [2.05, 4.69) is 9.97 Å². The number of rotatable bonds is 5. The van der Waals surface area contributed by atoms with Crippen molar-refractivity contribution < 1.29 is 9.90 Å². The summed E-state index contributed by atoms with van der Waals surface area (Å²) in [7, 11) is 0. The van der Waals surface area contributed by atoms with Crippen LogP contribution in [0.25, 0.3) is 0 Å². The zero-order valence-corrected chi connectivity index (χ0v) is 8.63. The van der Waals surface area contributed by atoms with Crippen LogP contribution in [0.3, 0.4) is 0 Å². The third kappa shape index (κ3) is 3.28. The Bertz CT molecular complexity index is 316. The van der Waals surface area contributed by atoms with E-state index in [0.717, 1.165) is 6.42 Å². The number of hydrogen-bond donors (Lipinski definition) is 2. The maximum atomic E-state index is 10.7. The van der Waals surface area contributed by atoms with Gasteiger partial charge in [0.15, 0.2) is 0 Å². The molecule has 5 nitrogen and oxygen atoms in total. The average molecular weight is 209 g/mol. The molecule has 0 radical (unpaired) electrons. The summed E-state index contributed by atoms with van der Waals surface area (Å²) in [6.07, 6.45) is 3.74. The van der Waals surface area contributed by atoms with Crippen LogP contribution in [0.2, 0.25) is 0 Å². The van der Waals surface area contributed by atoms with E-state index in [1.165, 1.54) is 6.33 Å². The second-order valence-corrected chi connectivity index (χ2v) is 3.41. The van der Waals surface area contributed by atoms with Gasteiger partial charge in [0.25, 0.3) is 0 Å². The Balaban J connectivity index is 2.86. The van der Waals surface area contributed by atoms with Gasteiger partial charge in [-0.1, -0.05) is 6.92 Å². The summed E-state index contributed by atoms with van der Waals surface area (Å²) in [5.74, 6) is -1.10. The Kier molecular flexibility index (Phi) is 4.17. The molecule has 0 amide bonds. The van der Waals surface area contributed by atoms with Gasteiger partial charge in [-0.3, -0.25) is 4.79 Å². The van der Waals surface area contributed by atoms with E-state index in [1.807, 2.05) is 6.92 Å². The van der Waals surface area contributed by atoms with E-state index in [4.69, 9.17) is 10.8 Å². The summed E-state index contributed by atoms with van der Waals surface area (Å²) in [5, 5.41) is 8.79. The fraction of sp³-hybridized carbons (Fsp3) is 0.500. The molecule has 2 atom stereocenters. The predicted octanol–water partition coefficient (Wildman–Crippen LogP) is 0.772. The van der Waals surface area contributed by atoms with E-state index in [0.29, 0.717) is 5.69 Å². The van der Waals surface area contributed by atoms with Crippen molar-refractivity contribution in [3.63, 3.8) is 0 Å². The molecule has 1 heterocycles. The zero-order chi connectivity index (χ0) is 11.3. The van der Waals surface area contributed by atoms with E-state index < -0.39 is 5.97 Å². The summed E-state index contributed by atoms with van der Waals surface area (Å²) in [6.45, 7) is 1.93. The predicted molar refractivity (Wildman–Crippen MR) is 55.3 cm³/mol. The lowest BCUT2D eigenvalue weighted by atomic mass is 9.91. The summed E-state index contributed by atoms with van der Waals surface area (Å²) >= 11 is 0. The van der Waals surface area contributed by atoms with Gasteiger partial charge in [-0.25, -0.2) is 9.97 Å². The molecule has 0 aromatic carbocycles. The first-order valence-corrected chi connectivity index (χ1v) is 4.88. The van der Waals surface area contributed by atoms with Gasteiger partial charge in [-0.15, -0.1) is 0 Å². The second kappa shape index (κ2) is 5.41. The van der Waals surface area contributed by atoms with Crippen molar-refractivity contribution in [3.05, 3.63) is 24.3 Å². The Morgan fingerprint density at radius 3 is 2.87 bits per heavy atom. The minimum atomic E-state index is -0.859. The normalized spacial score (nSPS) is 14.5. The smallest absolute Gasteiger partial charge is 0.304 e. The molecule has 1 rings (SSSR count). The van der Waals surface area contributed by atoms with E-state index in [-0.39, 0.29) is 18.4 Å². The van der Waals surface area contributed by atoms with Gasteiger partial charge >= 0.3 is 5.97 Å². The Morgan fingerprint density at radius 1 is 1.67 bits per heavy atom. The first-order chi connectivity index (χ1) is 7.15. The van der Waals surface area contributed by atoms with Crippen molar-refractivity contribution in [2.75, 3.05) is 0 Å². The van der Waals surface area contributed by atoms with Crippen molar-refractivity contribution in [1.29, 1.82) is 0 Å². The molecule has 0 fully saturated rings. The van der Waals surface area contributed by atoms with Crippen LogP contribution >= 0.6 is 0 Å². The minimum absolute atomic E-state index is 0.00597. The molecule has 2 unspecified atom stereocenters. The van der Waals surface area contributed by atoms with Crippen molar-refractivity contribution in [3.8, 4) is 0 Å². The lowest BCUT2D eigenvalue weighted by Gasteiger charge is -2.20. The molecule has 0 saturated carbocycles. The highest BCUT2D eigenvalue weighted by Crippen LogP contribution is 2.21. The van der Waals surface area contributed by atoms with Gasteiger partial charge in [0, 0.05) is 23.9 Å². The van der Waals surface area contributed by atoms with Gasteiger partial charge in [-0.05, 0) is 12.5 Å². The maximum Gasteiger partial charge on any atom is 0.304 e. The van der Waals surface area contributed by atoms with Crippen LogP contribution in [-0.2, 0) is 4.79 Å². The lowest BCUT2D eigenvalue weighted by molar-refractivity contribution is -0.137. The molecule has 0 spiro atoms. The standard InChI is InChI=1S/C10H15N3O2/c1-2-8(11)7(5-10(14)15)9-3-4-12-6-13-9/h3-4,6-8H,2,5,11H2,1H3,(H,14,15). The Hall–Kier alpha value is -1.49. The lowest BCUT2D eigenvalue weighted by Crippen LogP contribution is -2.30. The van der Waals surface area contributed by atoms with Crippen molar-refractivity contribution in [2.24, 2.45) is 5.73 Å². The number of nitrogens with zero attached hydrogens (tertiary/aromatic N) is 2. The third-order valence-corrected chi connectivity index (χ3v) is 2.37. The molecule has 0 aliphatic heterocycles. The number of carboxylic acids is 1. The van der Waals surface area contributed by atoms with E-state index in [9.17, 15) is 4.79 Å². The number of aliphatic carboxylic acids is 1. The number of aromatic nitrogens is 2. The second-order valence-electron chi connectivity index (χ2n) is 3.41. The molecule has 0 aliphatic rings. The monoisotopic (exact) mass is 209 g/mol. The first kappa shape index (κ1) is 11.6. The Labute approximate surface area is 88.4 Å².